The molecule has 11 heteroatoms. The molecule has 0 saturated heterocycles. The Labute approximate surface area is 247 Å². The van der Waals surface area contributed by atoms with Crippen LogP contribution in [0, 0.1) is 0 Å². The first-order chi connectivity index (χ1) is 19.9. The van der Waals surface area contributed by atoms with Crippen LogP contribution in [0.5, 0.6) is 5.75 Å². The number of nitrogens with one attached hydrogen (secondary N) is 3. The number of carboxylic acid groups (broad SMARTS) is 2. The number of aliphatic carboxylic acids is 1. The zero-order valence-electron chi connectivity index (χ0n) is 24.8. The van der Waals surface area contributed by atoms with Gasteiger partial charge >= 0.3 is 18.0 Å². The smallest absolute Gasteiger partial charge is 0.407 e. The number of carboxylic acids is 2. The van der Waals surface area contributed by atoms with Gasteiger partial charge in [0.1, 0.15) is 16.9 Å². The number of ether oxygens (including phenoxy) is 2. The van der Waals surface area contributed by atoms with E-state index in [9.17, 15) is 24.3 Å². The number of carbonyl (C=O) groups is 4. The quantitative estimate of drug-likeness (QED) is 0.174. The molecular weight excluding hydrogens is 542 g/mol. The second-order valence-corrected chi connectivity index (χ2v) is 11.0. The molecule has 2 amide bonds. The zero-order valence-corrected chi connectivity index (χ0v) is 24.8. The van der Waals surface area contributed by atoms with Crippen LogP contribution in [0.3, 0.4) is 0 Å². The van der Waals surface area contributed by atoms with E-state index in [1.165, 1.54) is 12.1 Å². The van der Waals surface area contributed by atoms with Crippen molar-refractivity contribution in [1.29, 1.82) is 0 Å². The number of amides is 2. The third-order valence-corrected chi connectivity index (χ3v) is 6.12. The maximum atomic E-state index is 13.3. The lowest BCUT2D eigenvalue weighted by Gasteiger charge is -2.26. The Bertz CT molecular complexity index is 1180. The van der Waals surface area contributed by atoms with Crippen molar-refractivity contribution >= 4 is 23.9 Å². The normalized spacial score (nSPS) is 12.6. The van der Waals surface area contributed by atoms with Crippen molar-refractivity contribution in [1.82, 2.24) is 16.0 Å². The fourth-order valence-corrected chi connectivity index (χ4v) is 4.17. The summed E-state index contributed by atoms with van der Waals surface area (Å²) in [4.78, 5) is 48.6. The van der Waals surface area contributed by atoms with Crippen LogP contribution < -0.4 is 20.7 Å². The van der Waals surface area contributed by atoms with E-state index >= 15 is 0 Å². The highest BCUT2D eigenvalue weighted by atomic mass is 16.6. The molecule has 0 unspecified atom stereocenters. The highest BCUT2D eigenvalue weighted by Crippen LogP contribution is 2.21. The van der Waals surface area contributed by atoms with E-state index in [0.717, 1.165) is 24.8 Å². The molecule has 0 spiro atoms. The SMILES string of the molecule is CCCCCNC(=O)[C@H](Cc1ccc(OCC(=O)O)c(C(=O)O)c1)NC[C@H](Cc1ccccc1)NC(=O)OC(C)(C)C. The Morgan fingerprint density at radius 3 is 2.26 bits per heavy atom. The molecule has 230 valence electrons. The highest BCUT2D eigenvalue weighted by molar-refractivity contribution is 5.91. The molecule has 0 aromatic heterocycles. The van der Waals surface area contributed by atoms with Crippen molar-refractivity contribution in [3.05, 3.63) is 65.2 Å². The van der Waals surface area contributed by atoms with E-state index in [1.54, 1.807) is 26.8 Å². The minimum atomic E-state index is -1.28. The van der Waals surface area contributed by atoms with Gasteiger partial charge in [-0.1, -0.05) is 56.2 Å². The summed E-state index contributed by atoms with van der Waals surface area (Å²) in [5, 5.41) is 27.7. The molecule has 2 atom stereocenters. The van der Waals surface area contributed by atoms with E-state index < -0.39 is 42.3 Å². The summed E-state index contributed by atoms with van der Waals surface area (Å²) < 4.78 is 10.6. The summed E-state index contributed by atoms with van der Waals surface area (Å²) >= 11 is 0. The first kappa shape index (κ1) is 34.1. The van der Waals surface area contributed by atoms with Gasteiger partial charge in [0.05, 0.1) is 6.04 Å². The number of carbonyl (C=O) groups excluding carboxylic acids is 2. The number of hydrogen-bond donors (Lipinski definition) is 5. The molecule has 5 N–H and O–H groups in total. The monoisotopic (exact) mass is 585 g/mol. The van der Waals surface area contributed by atoms with E-state index in [4.69, 9.17) is 14.6 Å². The van der Waals surface area contributed by atoms with Crippen LogP contribution in [-0.4, -0.2) is 71.5 Å². The van der Waals surface area contributed by atoms with Gasteiger partial charge in [0.15, 0.2) is 6.61 Å². The van der Waals surface area contributed by atoms with Crippen molar-refractivity contribution in [2.75, 3.05) is 19.7 Å². The minimum absolute atomic E-state index is 0.0772. The average molecular weight is 586 g/mol. The fraction of sp³-hybridized carbons (Fsp3) is 0.484. The second kappa shape index (κ2) is 17.0. The Balaban J connectivity index is 2.26. The summed E-state index contributed by atoms with van der Waals surface area (Å²) in [5.41, 5.74) is 0.641. The summed E-state index contributed by atoms with van der Waals surface area (Å²) in [5.74, 6) is -2.85. The molecule has 0 bridgehead atoms. The summed E-state index contributed by atoms with van der Waals surface area (Å²) in [6, 6.07) is 12.8. The number of unbranched alkanes of at least 4 members (excludes halogenated alkanes) is 2. The Morgan fingerprint density at radius 2 is 1.64 bits per heavy atom. The molecule has 0 saturated carbocycles. The lowest BCUT2D eigenvalue weighted by molar-refractivity contribution is -0.139. The van der Waals surface area contributed by atoms with Crippen LogP contribution >= 0.6 is 0 Å². The van der Waals surface area contributed by atoms with E-state index in [2.05, 4.69) is 22.9 Å². The standard InChI is InChI=1S/C31H43N3O8/c1-5-6-10-15-32-28(37)25(18-22-13-14-26(41-20-27(35)36)24(17-22)29(38)39)33-19-23(16-21-11-8-7-9-12-21)34-30(40)42-31(2,3)4/h7-9,11-14,17,23,25,33H,5-6,10,15-16,18-20H2,1-4H3,(H,32,37)(H,34,40)(H,35,36)(H,38,39)/t23-,25-/m0/s1. The van der Waals surface area contributed by atoms with Crippen molar-refractivity contribution in [2.24, 2.45) is 0 Å². The van der Waals surface area contributed by atoms with Crippen LogP contribution in [0.4, 0.5) is 4.79 Å². The van der Waals surface area contributed by atoms with Gasteiger partial charge in [-0.25, -0.2) is 14.4 Å². The molecule has 0 aliphatic heterocycles. The lowest BCUT2D eigenvalue weighted by Crippen LogP contribution is -2.52. The largest absolute Gasteiger partial charge is 0.481 e. The van der Waals surface area contributed by atoms with Gasteiger partial charge in [-0.3, -0.25) is 4.79 Å². The highest BCUT2D eigenvalue weighted by Gasteiger charge is 2.24. The van der Waals surface area contributed by atoms with Gasteiger partial charge in [0.25, 0.3) is 0 Å². The van der Waals surface area contributed by atoms with E-state index in [-0.39, 0.29) is 30.2 Å². The summed E-state index contributed by atoms with van der Waals surface area (Å²) in [7, 11) is 0. The Morgan fingerprint density at radius 1 is 0.929 bits per heavy atom. The van der Waals surface area contributed by atoms with Gasteiger partial charge in [-0.05, 0) is 63.3 Å². The molecule has 0 radical (unpaired) electrons. The van der Waals surface area contributed by atoms with Gasteiger partial charge in [-0.2, -0.15) is 0 Å². The van der Waals surface area contributed by atoms with E-state index in [1.807, 2.05) is 30.3 Å². The molecule has 0 aliphatic carbocycles. The number of rotatable bonds is 17. The fourth-order valence-electron chi connectivity index (χ4n) is 4.17. The van der Waals surface area contributed by atoms with Crippen LogP contribution in [0.15, 0.2) is 48.5 Å². The molecule has 2 aromatic carbocycles. The van der Waals surface area contributed by atoms with Gasteiger partial charge in [-0.15, -0.1) is 0 Å². The predicted octanol–water partition coefficient (Wildman–Crippen LogP) is 3.79. The molecular formula is C31H43N3O8. The number of aromatic carboxylic acids is 1. The number of alkyl carbamates (subject to hydrolysis) is 1. The van der Waals surface area contributed by atoms with Crippen molar-refractivity contribution in [2.45, 2.75) is 77.5 Å². The van der Waals surface area contributed by atoms with Gasteiger partial charge in [0.2, 0.25) is 5.91 Å². The van der Waals surface area contributed by atoms with E-state index in [0.29, 0.717) is 18.5 Å². The molecule has 0 heterocycles. The molecule has 0 aliphatic rings. The molecule has 2 aromatic rings. The van der Waals surface area contributed by atoms with Crippen LogP contribution in [0.1, 0.15) is 68.4 Å². The van der Waals surface area contributed by atoms with Crippen molar-refractivity contribution in [3.63, 3.8) is 0 Å². The molecule has 42 heavy (non-hydrogen) atoms. The summed E-state index contributed by atoms with van der Waals surface area (Å²) in [6.45, 7) is 7.44. The maximum Gasteiger partial charge on any atom is 0.407 e. The van der Waals surface area contributed by atoms with Crippen LogP contribution in [0.2, 0.25) is 0 Å². The molecule has 0 fully saturated rings. The first-order valence-corrected chi connectivity index (χ1v) is 14.1. The van der Waals surface area contributed by atoms with Crippen LogP contribution in [0.25, 0.3) is 0 Å². The topological polar surface area (TPSA) is 163 Å². The Hall–Kier alpha value is -4.12. The van der Waals surface area contributed by atoms with Gasteiger partial charge < -0.3 is 35.6 Å². The predicted molar refractivity (Wildman–Crippen MR) is 158 cm³/mol. The third-order valence-electron chi connectivity index (χ3n) is 6.12. The zero-order chi connectivity index (χ0) is 31.1. The lowest BCUT2D eigenvalue weighted by atomic mass is 10.0. The maximum absolute atomic E-state index is 13.3. The van der Waals surface area contributed by atoms with Crippen LogP contribution in [-0.2, 0) is 27.2 Å². The second-order valence-electron chi connectivity index (χ2n) is 11.0. The number of hydrogen-bond acceptors (Lipinski definition) is 7. The van der Waals surface area contributed by atoms with Crippen molar-refractivity contribution < 1.29 is 38.9 Å². The Kier molecular flexibility index (Phi) is 13.8. The molecule has 2 rings (SSSR count). The minimum Gasteiger partial charge on any atom is -0.481 e. The third kappa shape index (κ3) is 13.0. The number of benzene rings is 2. The molecule has 11 nitrogen and oxygen atoms in total. The summed E-state index contributed by atoms with van der Waals surface area (Å²) in [6.07, 6.45) is 2.85. The average Bonchev–Trinajstić information content (AvgIpc) is 2.91. The first-order valence-electron chi connectivity index (χ1n) is 14.1. The van der Waals surface area contributed by atoms with Crippen molar-refractivity contribution in [3.8, 4) is 5.75 Å². The van der Waals surface area contributed by atoms with Gasteiger partial charge in [0, 0.05) is 19.1 Å².